The molecule has 13 heavy (non-hydrogen) atoms. The number of aliphatic hydroxyl groups is 1. The van der Waals surface area contributed by atoms with E-state index in [4.69, 9.17) is 4.74 Å². The molecular formula is C10H21NO2. The van der Waals surface area contributed by atoms with E-state index in [1.165, 1.54) is 0 Å². The highest BCUT2D eigenvalue weighted by molar-refractivity contribution is 4.86. The summed E-state index contributed by atoms with van der Waals surface area (Å²) in [5.74, 6) is 0. The molecule has 1 heterocycles. The normalized spacial score (nSPS) is 33.0. The molecule has 1 N–H and O–H groups in total. The average molecular weight is 187 g/mol. The number of ether oxygens (including phenoxy) is 1. The molecule has 0 aromatic rings. The van der Waals surface area contributed by atoms with Crippen LogP contribution in [0.4, 0.5) is 0 Å². The van der Waals surface area contributed by atoms with Crippen molar-refractivity contribution in [3.05, 3.63) is 0 Å². The van der Waals surface area contributed by atoms with Crippen LogP contribution in [0.15, 0.2) is 0 Å². The average Bonchev–Trinajstić information content (AvgIpc) is 2.08. The minimum Gasteiger partial charge on any atom is -0.386 e. The maximum Gasteiger partial charge on any atom is 0.0978 e. The van der Waals surface area contributed by atoms with Gasteiger partial charge in [-0.15, -0.1) is 0 Å². The maximum absolute atomic E-state index is 9.92. The van der Waals surface area contributed by atoms with Crippen LogP contribution in [-0.4, -0.2) is 47.4 Å². The third kappa shape index (κ3) is 3.25. The van der Waals surface area contributed by atoms with Crippen molar-refractivity contribution >= 4 is 0 Å². The Balaban J connectivity index is 2.65. The predicted octanol–water partition coefficient (Wildman–Crippen LogP) is 0.868. The summed E-state index contributed by atoms with van der Waals surface area (Å²) in [7, 11) is 0. The second-order valence-corrected chi connectivity index (χ2v) is 5.14. The summed E-state index contributed by atoms with van der Waals surface area (Å²) in [5.41, 5.74) is -0.596. The Labute approximate surface area is 80.7 Å². The molecule has 1 fully saturated rings. The molecule has 0 amide bonds. The first kappa shape index (κ1) is 11.0. The van der Waals surface area contributed by atoms with E-state index in [-0.39, 0.29) is 5.54 Å². The molecule has 3 nitrogen and oxygen atoms in total. The first-order valence-electron chi connectivity index (χ1n) is 4.86. The lowest BCUT2D eigenvalue weighted by molar-refractivity contribution is -0.0300. The Morgan fingerprint density at radius 2 is 2.00 bits per heavy atom. The van der Waals surface area contributed by atoms with E-state index in [0.29, 0.717) is 19.8 Å². The topological polar surface area (TPSA) is 32.7 Å². The molecule has 0 aliphatic carbocycles. The Hall–Kier alpha value is -0.120. The largest absolute Gasteiger partial charge is 0.386 e. The van der Waals surface area contributed by atoms with Crippen LogP contribution in [0.3, 0.4) is 0 Å². The van der Waals surface area contributed by atoms with Gasteiger partial charge in [-0.25, -0.2) is 0 Å². The SMILES string of the molecule is CC1(O)COCCN(C(C)(C)C)C1. The van der Waals surface area contributed by atoms with Crippen LogP contribution in [0.5, 0.6) is 0 Å². The van der Waals surface area contributed by atoms with Crippen molar-refractivity contribution in [3.63, 3.8) is 0 Å². The zero-order chi connectivity index (χ0) is 10.1. The highest BCUT2D eigenvalue weighted by Gasteiger charge is 2.32. The molecule has 1 aliphatic heterocycles. The minimum absolute atomic E-state index is 0.109. The van der Waals surface area contributed by atoms with E-state index in [0.717, 1.165) is 6.54 Å². The summed E-state index contributed by atoms with van der Waals surface area (Å²) in [6, 6.07) is 0. The first-order valence-corrected chi connectivity index (χ1v) is 4.86. The molecule has 3 heteroatoms. The molecule has 1 rings (SSSR count). The molecule has 78 valence electrons. The van der Waals surface area contributed by atoms with Crippen LogP contribution < -0.4 is 0 Å². The number of hydrogen-bond donors (Lipinski definition) is 1. The third-order valence-electron chi connectivity index (χ3n) is 2.40. The van der Waals surface area contributed by atoms with Crippen molar-refractivity contribution in [2.24, 2.45) is 0 Å². The summed E-state index contributed by atoms with van der Waals surface area (Å²) in [5, 5.41) is 9.92. The molecular weight excluding hydrogens is 166 g/mol. The Bertz CT molecular complexity index is 172. The predicted molar refractivity (Wildman–Crippen MR) is 52.8 cm³/mol. The van der Waals surface area contributed by atoms with Gasteiger partial charge in [0.1, 0.15) is 0 Å². The van der Waals surface area contributed by atoms with Crippen LogP contribution in [0.25, 0.3) is 0 Å². The van der Waals surface area contributed by atoms with Gasteiger partial charge >= 0.3 is 0 Å². The molecule has 0 saturated carbocycles. The zero-order valence-corrected chi connectivity index (χ0v) is 9.13. The zero-order valence-electron chi connectivity index (χ0n) is 9.13. The number of rotatable bonds is 0. The van der Waals surface area contributed by atoms with E-state index >= 15 is 0 Å². The van der Waals surface area contributed by atoms with Gasteiger partial charge < -0.3 is 9.84 Å². The molecule has 0 spiro atoms. The maximum atomic E-state index is 9.92. The lowest BCUT2D eigenvalue weighted by Crippen LogP contribution is -2.49. The number of nitrogens with zero attached hydrogens (tertiary/aromatic N) is 1. The summed E-state index contributed by atoms with van der Waals surface area (Å²) >= 11 is 0. The van der Waals surface area contributed by atoms with Crippen LogP contribution in [0.2, 0.25) is 0 Å². The van der Waals surface area contributed by atoms with Crippen LogP contribution in [-0.2, 0) is 4.74 Å². The first-order chi connectivity index (χ1) is 5.81. The Morgan fingerprint density at radius 3 is 2.54 bits per heavy atom. The molecule has 1 unspecified atom stereocenters. The van der Waals surface area contributed by atoms with E-state index < -0.39 is 5.60 Å². The van der Waals surface area contributed by atoms with Crippen molar-refractivity contribution in [1.29, 1.82) is 0 Å². The molecule has 0 aromatic heterocycles. The van der Waals surface area contributed by atoms with Gasteiger partial charge in [-0.3, -0.25) is 4.90 Å². The summed E-state index contributed by atoms with van der Waals surface area (Å²) in [6.07, 6.45) is 0. The second kappa shape index (κ2) is 3.56. The van der Waals surface area contributed by atoms with Gasteiger partial charge in [-0.05, 0) is 27.7 Å². The standard InChI is InChI=1S/C10H21NO2/c1-9(2,3)11-5-6-13-8-10(4,12)7-11/h12H,5-8H2,1-4H3. The van der Waals surface area contributed by atoms with Crippen molar-refractivity contribution in [2.75, 3.05) is 26.3 Å². The molecule has 1 saturated heterocycles. The highest BCUT2D eigenvalue weighted by atomic mass is 16.5. The van der Waals surface area contributed by atoms with E-state index in [1.54, 1.807) is 0 Å². The number of β-amino-alcohol motifs (C(OH)–C–C–N with tert-alkyl or cyclic N) is 1. The molecule has 0 radical (unpaired) electrons. The van der Waals surface area contributed by atoms with Gasteiger partial charge in [0.15, 0.2) is 0 Å². The molecule has 1 atom stereocenters. The second-order valence-electron chi connectivity index (χ2n) is 5.14. The Kier molecular flexibility index (Phi) is 3.00. The molecule has 0 bridgehead atoms. The van der Waals surface area contributed by atoms with Gasteiger partial charge in [0, 0.05) is 18.6 Å². The lowest BCUT2D eigenvalue weighted by atomic mass is 10.0. The van der Waals surface area contributed by atoms with E-state index in [2.05, 4.69) is 25.7 Å². The van der Waals surface area contributed by atoms with Crippen LogP contribution in [0, 0.1) is 0 Å². The van der Waals surface area contributed by atoms with Crippen molar-refractivity contribution in [1.82, 2.24) is 4.90 Å². The monoisotopic (exact) mass is 187 g/mol. The van der Waals surface area contributed by atoms with Gasteiger partial charge in [0.25, 0.3) is 0 Å². The van der Waals surface area contributed by atoms with Crippen molar-refractivity contribution in [2.45, 2.75) is 38.8 Å². The van der Waals surface area contributed by atoms with Gasteiger partial charge in [-0.2, -0.15) is 0 Å². The fourth-order valence-corrected chi connectivity index (χ4v) is 1.58. The van der Waals surface area contributed by atoms with Crippen LogP contribution >= 0.6 is 0 Å². The fraction of sp³-hybridized carbons (Fsp3) is 1.00. The highest BCUT2D eigenvalue weighted by Crippen LogP contribution is 2.19. The summed E-state index contributed by atoms with van der Waals surface area (Å²) in [6.45, 7) is 11.1. The molecule has 0 aromatic carbocycles. The van der Waals surface area contributed by atoms with Crippen LogP contribution in [0.1, 0.15) is 27.7 Å². The van der Waals surface area contributed by atoms with Gasteiger partial charge in [0.2, 0.25) is 0 Å². The quantitative estimate of drug-likeness (QED) is 0.611. The summed E-state index contributed by atoms with van der Waals surface area (Å²) in [4.78, 5) is 2.26. The molecule has 1 aliphatic rings. The lowest BCUT2D eigenvalue weighted by Gasteiger charge is -2.37. The van der Waals surface area contributed by atoms with E-state index in [9.17, 15) is 5.11 Å². The summed E-state index contributed by atoms with van der Waals surface area (Å²) < 4.78 is 5.34. The number of hydrogen-bond acceptors (Lipinski definition) is 3. The van der Waals surface area contributed by atoms with Crippen molar-refractivity contribution in [3.8, 4) is 0 Å². The van der Waals surface area contributed by atoms with E-state index in [1.807, 2.05) is 6.92 Å². The smallest absolute Gasteiger partial charge is 0.0978 e. The third-order valence-corrected chi connectivity index (χ3v) is 2.40. The van der Waals surface area contributed by atoms with Gasteiger partial charge in [0.05, 0.1) is 18.8 Å². The van der Waals surface area contributed by atoms with Crippen molar-refractivity contribution < 1.29 is 9.84 Å². The Morgan fingerprint density at radius 1 is 1.38 bits per heavy atom. The van der Waals surface area contributed by atoms with Gasteiger partial charge in [-0.1, -0.05) is 0 Å². The fourth-order valence-electron chi connectivity index (χ4n) is 1.58. The minimum atomic E-state index is -0.705.